The Hall–Kier alpha value is -5.03. The van der Waals surface area contributed by atoms with E-state index in [1.165, 1.54) is 39.3 Å². The quantitative estimate of drug-likeness (QED) is 0.107. The van der Waals surface area contributed by atoms with Crippen LogP contribution < -0.4 is 9.47 Å². The number of aliphatic hydroxyl groups excluding tert-OH is 1. The van der Waals surface area contributed by atoms with Crippen molar-refractivity contribution < 1.29 is 44.3 Å². The SMILES string of the molecule is CC(C)=CCC/C(C)=C/CC[C@@]1(C)CCc2c(O)cc3c(c2O1)CN([C@@H](CCCN1Cc2c(cc(O)c4c2O[C@@](C)(CC/C=C(\C)CCC=C(C)C)[C@@H](O)C4)C1=O)C(=O)O)C3=O. The molecule has 0 fully saturated rings. The van der Waals surface area contributed by atoms with Crippen molar-refractivity contribution in [1.82, 2.24) is 9.80 Å². The molecule has 0 aromatic heterocycles. The summed E-state index contributed by atoms with van der Waals surface area (Å²) in [7, 11) is 0. The number of aliphatic carboxylic acids is 1. The molecular formula is C51H68N2O9. The lowest BCUT2D eigenvalue weighted by Gasteiger charge is -2.40. The van der Waals surface area contributed by atoms with Crippen molar-refractivity contribution in [3.63, 3.8) is 0 Å². The zero-order chi connectivity index (χ0) is 45.1. The number of phenols is 2. The van der Waals surface area contributed by atoms with Crippen molar-refractivity contribution in [2.24, 2.45) is 0 Å². The average molecular weight is 853 g/mol. The molecule has 6 rings (SSSR count). The second kappa shape index (κ2) is 19.2. The van der Waals surface area contributed by atoms with Gasteiger partial charge >= 0.3 is 5.97 Å². The summed E-state index contributed by atoms with van der Waals surface area (Å²) < 4.78 is 13.2. The monoisotopic (exact) mass is 852 g/mol. The minimum atomic E-state index is -1.17. The fraction of sp³-hybridized carbons (Fsp3) is 0.549. The van der Waals surface area contributed by atoms with Crippen LogP contribution in [0.25, 0.3) is 0 Å². The number of fused-ring (bicyclic) bond motifs is 6. The van der Waals surface area contributed by atoms with Gasteiger partial charge in [0.1, 0.15) is 40.2 Å². The fourth-order valence-corrected chi connectivity index (χ4v) is 9.40. The molecule has 0 spiro atoms. The Kier molecular flexibility index (Phi) is 14.4. The molecule has 0 unspecified atom stereocenters. The van der Waals surface area contributed by atoms with Gasteiger partial charge in [0.25, 0.3) is 11.8 Å². The lowest BCUT2D eigenvalue weighted by atomic mass is 9.84. The first-order valence-corrected chi connectivity index (χ1v) is 22.5. The first-order valence-electron chi connectivity index (χ1n) is 22.5. The van der Waals surface area contributed by atoms with E-state index in [1.807, 2.05) is 6.92 Å². The van der Waals surface area contributed by atoms with Gasteiger partial charge in [0.2, 0.25) is 0 Å². The average Bonchev–Trinajstić information content (AvgIpc) is 3.68. The van der Waals surface area contributed by atoms with Gasteiger partial charge in [-0.1, -0.05) is 46.6 Å². The maximum absolute atomic E-state index is 13.9. The summed E-state index contributed by atoms with van der Waals surface area (Å²) in [5, 5.41) is 43.8. The Morgan fingerprint density at radius 3 is 1.95 bits per heavy atom. The van der Waals surface area contributed by atoms with E-state index < -0.39 is 35.2 Å². The molecule has 0 radical (unpaired) electrons. The summed E-state index contributed by atoms with van der Waals surface area (Å²) >= 11 is 0. The highest BCUT2D eigenvalue weighted by molar-refractivity contribution is 6.02. The molecule has 0 saturated heterocycles. The van der Waals surface area contributed by atoms with Gasteiger partial charge in [-0.3, -0.25) is 9.59 Å². The van der Waals surface area contributed by atoms with Crippen LogP contribution >= 0.6 is 0 Å². The zero-order valence-electron chi connectivity index (χ0n) is 38.2. The third-order valence-electron chi connectivity index (χ3n) is 13.4. The van der Waals surface area contributed by atoms with E-state index >= 15 is 0 Å². The predicted octanol–water partition coefficient (Wildman–Crippen LogP) is 10.0. The van der Waals surface area contributed by atoms with Crippen LogP contribution in [0.3, 0.4) is 0 Å². The van der Waals surface area contributed by atoms with Crippen LogP contribution in [0.4, 0.5) is 0 Å². The molecule has 62 heavy (non-hydrogen) atoms. The smallest absolute Gasteiger partial charge is 0.326 e. The fourth-order valence-electron chi connectivity index (χ4n) is 9.40. The highest BCUT2D eigenvalue weighted by Gasteiger charge is 2.45. The van der Waals surface area contributed by atoms with Gasteiger partial charge in [-0.15, -0.1) is 0 Å². The van der Waals surface area contributed by atoms with Crippen LogP contribution in [0.2, 0.25) is 0 Å². The number of aromatic hydroxyl groups is 2. The largest absolute Gasteiger partial charge is 0.508 e. The van der Waals surface area contributed by atoms with Gasteiger partial charge < -0.3 is 39.7 Å². The zero-order valence-corrected chi connectivity index (χ0v) is 38.2. The molecule has 2 amide bonds. The van der Waals surface area contributed by atoms with E-state index in [0.717, 1.165) is 38.5 Å². The molecule has 4 N–H and O–H groups in total. The van der Waals surface area contributed by atoms with Crippen LogP contribution in [-0.4, -0.2) is 77.9 Å². The van der Waals surface area contributed by atoms with Gasteiger partial charge in [-0.25, -0.2) is 4.79 Å². The number of benzene rings is 2. The number of aliphatic hydroxyl groups is 1. The van der Waals surface area contributed by atoms with E-state index in [9.17, 15) is 34.8 Å². The first-order chi connectivity index (χ1) is 29.3. The van der Waals surface area contributed by atoms with Gasteiger partial charge in [-0.2, -0.15) is 0 Å². The van der Waals surface area contributed by atoms with Crippen LogP contribution in [0.1, 0.15) is 169 Å². The molecule has 2 aromatic rings. The van der Waals surface area contributed by atoms with Crippen LogP contribution in [0.15, 0.2) is 58.7 Å². The van der Waals surface area contributed by atoms with Crippen molar-refractivity contribution in [2.45, 2.75) is 175 Å². The molecule has 4 aliphatic heterocycles. The van der Waals surface area contributed by atoms with E-state index in [-0.39, 0.29) is 55.4 Å². The van der Waals surface area contributed by atoms with E-state index in [4.69, 9.17) is 9.47 Å². The van der Waals surface area contributed by atoms with Crippen LogP contribution in [-0.2, 0) is 30.7 Å². The molecule has 4 atom stereocenters. The molecule has 11 nitrogen and oxygen atoms in total. The number of allylic oxidation sites excluding steroid dienone is 8. The number of carboxylic acids is 1. The summed E-state index contributed by atoms with van der Waals surface area (Å²) in [5.74, 6) is -1.12. The molecule has 2 aromatic carbocycles. The highest BCUT2D eigenvalue weighted by Crippen LogP contribution is 2.48. The van der Waals surface area contributed by atoms with Crippen molar-refractivity contribution in [3.8, 4) is 23.0 Å². The van der Waals surface area contributed by atoms with Crippen molar-refractivity contribution >= 4 is 17.8 Å². The van der Waals surface area contributed by atoms with Gasteiger partial charge in [0, 0.05) is 35.2 Å². The number of carboxylic acid groups (broad SMARTS) is 1. The Labute approximate surface area is 367 Å². The molecular weight excluding hydrogens is 785 g/mol. The van der Waals surface area contributed by atoms with Crippen molar-refractivity contribution in [3.05, 3.63) is 92.1 Å². The van der Waals surface area contributed by atoms with Gasteiger partial charge in [-0.05, 0) is 145 Å². The molecule has 0 saturated carbocycles. The summed E-state index contributed by atoms with van der Waals surface area (Å²) in [5.41, 5.74) is 6.71. The number of carbonyl (C=O) groups excluding carboxylic acids is 2. The van der Waals surface area contributed by atoms with E-state index in [2.05, 4.69) is 72.8 Å². The van der Waals surface area contributed by atoms with Crippen LogP contribution in [0, 0.1) is 0 Å². The predicted molar refractivity (Wildman–Crippen MR) is 241 cm³/mol. The number of amides is 2. The maximum atomic E-state index is 13.9. The molecule has 4 aliphatic rings. The number of nitrogens with zero attached hydrogens (tertiary/aromatic N) is 2. The molecule has 336 valence electrons. The second-order valence-corrected chi connectivity index (χ2v) is 19.1. The number of ether oxygens (including phenoxy) is 2. The Bertz CT molecular complexity index is 2190. The summed E-state index contributed by atoms with van der Waals surface area (Å²) in [6, 6.07) is 1.73. The highest BCUT2D eigenvalue weighted by atomic mass is 16.5. The Morgan fingerprint density at radius 2 is 1.34 bits per heavy atom. The summed E-state index contributed by atoms with van der Waals surface area (Å²) in [4.78, 5) is 43.4. The number of carbonyl (C=O) groups is 3. The standard InChI is InChI=1S/C51H68N2O9/c1-31(2)14-9-16-33(5)18-11-22-50(7)24-21-35-42(54)27-37-40(45(35)61-50)30-53(48(37)58)41(49(59)60)20-13-25-52-29-39-36(47(52)57)26-43(55)38-28-44(56)51(8,62-46(38)39)23-12-19-34(6)17-10-15-32(3)4/h14-15,18-19,26-27,41,44,54-56H,9-13,16-17,20-25,28-30H2,1-8H3,(H,59,60)/b33-18+,34-19+/t41-,44-,50-,51-/m0/s1. The molecule has 4 heterocycles. The topological polar surface area (TPSA) is 157 Å². The van der Waals surface area contributed by atoms with Gasteiger partial charge in [0.05, 0.1) is 30.3 Å². The second-order valence-electron chi connectivity index (χ2n) is 19.1. The third-order valence-corrected chi connectivity index (χ3v) is 13.4. The van der Waals surface area contributed by atoms with Crippen molar-refractivity contribution in [1.29, 1.82) is 0 Å². The number of phenolic OH excluding ortho intramolecular Hbond substituents is 2. The number of hydrogen-bond donors (Lipinski definition) is 4. The minimum absolute atomic E-state index is 0.0188. The third kappa shape index (κ3) is 10.3. The van der Waals surface area contributed by atoms with E-state index in [0.29, 0.717) is 71.4 Å². The van der Waals surface area contributed by atoms with E-state index in [1.54, 1.807) is 4.90 Å². The Balaban J connectivity index is 1.10. The summed E-state index contributed by atoms with van der Waals surface area (Å²) in [6.07, 6.45) is 16.7. The lowest BCUT2D eigenvalue weighted by Crippen LogP contribution is -2.49. The lowest BCUT2D eigenvalue weighted by molar-refractivity contribution is -0.142. The Morgan fingerprint density at radius 1 is 0.774 bits per heavy atom. The van der Waals surface area contributed by atoms with Crippen molar-refractivity contribution in [2.75, 3.05) is 6.54 Å². The number of rotatable bonds is 18. The van der Waals surface area contributed by atoms with Crippen LogP contribution in [0.5, 0.6) is 23.0 Å². The molecule has 0 aliphatic carbocycles. The molecule has 11 heteroatoms. The summed E-state index contributed by atoms with van der Waals surface area (Å²) in [6.45, 7) is 17.1. The normalized spacial score (nSPS) is 22.3. The molecule has 0 bridgehead atoms. The maximum Gasteiger partial charge on any atom is 0.326 e. The number of hydrogen-bond acceptors (Lipinski definition) is 8. The van der Waals surface area contributed by atoms with Gasteiger partial charge in [0.15, 0.2) is 0 Å². The first kappa shape index (κ1) is 46.5. The minimum Gasteiger partial charge on any atom is -0.508 e.